The summed E-state index contributed by atoms with van der Waals surface area (Å²) < 4.78 is 5.29. The zero-order valence-electron chi connectivity index (χ0n) is 8.47. The molecule has 2 aromatic rings. The van der Waals surface area contributed by atoms with Crippen molar-refractivity contribution >= 4 is 5.97 Å². The Hall–Kier alpha value is -2.37. The Kier molecular flexibility index (Phi) is 2.55. The monoisotopic (exact) mass is 219 g/mol. The highest BCUT2D eigenvalue weighted by molar-refractivity contribution is 5.87. The molecule has 2 rings (SSSR count). The minimum Gasteiger partial charge on any atom is -0.478 e. The van der Waals surface area contributed by atoms with Gasteiger partial charge in [0.15, 0.2) is 0 Å². The molecule has 0 atom stereocenters. The fraction of sp³-hybridized carbons (Fsp3) is 0.100. The second kappa shape index (κ2) is 4.01. The summed E-state index contributed by atoms with van der Waals surface area (Å²) in [6, 6.07) is 4.62. The third kappa shape index (κ3) is 2.17. The first kappa shape index (κ1) is 10.2. The van der Waals surface area contributed by atoms with E-state index in [-0.39, 0.29) is 5.56 Å². The summed E-state index contributed by atoms with van der Waals surface area (Å²) in [6.45, 7) is 1.85. The highest BCUT2D eigenvalue weighted by Gasteiger charge is 2.05. The van der Waals surface area contributed by atoms with Crippen molar-refractivity contribution in [2.45, 2.75) is 6.92 Å². The van der Waals surface area contributed by atoms with Crippen molar-refractivity contribution in [1.82, 2.24) is 15.2 Å². The van der Waals surface area contributed by atoms with Gasteiger partial charge in [-0.15, -0.1) is 5.10 Å². The molecule has 2 aromatic heterocycles. The maximum Gasteiger partial charge on any atom is 0.337 e. The van der Waals surface area contributed by atoms with Gasteiger partial charge in [0.2, 0.25) is 11.8 Å². The number of nitrogens with zero attached hydrogens (tertiary/aromatic N) is 2. The number of carboxylic acid groups (broad SMARTS) is 1. The Morgan fingerprint density at radius 2 is 2.25 bits per heavy atom. The number of hydrogen-bond donors (Lipinski definition) is 2. The molecule has 6 nitrogen and oxygen atoms in total. The summed E-state index contributed by atoms with van der Waals surface area (Å²) in [4.78, 5) is 14.4. The molecule has 82 valence electrons. The fourth-order valence-electron chi connectivity index (χ4n) is 1.12. The number of carbonyl (C=O) groups is 1. The number of aromatic carboxylic acids is 1. The molecule has 0 spiro atoms. The van der Waals surface area contributed by atoms with Crippen LogP contribution in [-0.4, -0.2) is 26.3 Å². The van der Waals surface area contributed by atoms with Gasteiger partial charge in [-0.2, -0.15) is 0 Å². The highest BCUT2D eigenvalue weighted by Crippen LogP contribution is 2.17. The summed E-state index contributed by atoms with van der Waals surface area (Å²) >= 11 is 0. The van der Waals surface area contributed by atoms with Crippen LogP contribution in [0.1, 0.15) is 16.1 Å². The molecule has 0 bridgehead atoms. The third-order valence-electron chi connectivity index (χ3n) is 1.87. The van der Waals surface area contributed by atoms with Crippen LogP contribution in [0, 0.1) is 6.92 Å². The zero-order chi connectivity index (χ0) is 11.5. The van der Waals surface area contributed by atoms with Gasteiger partial charge in [0.05, 0.1) is 5.56 Å². The summed E-state index contributed by atoms with van der Waals surface area (Å²) in [5.41, 5.74) is 0.989. The second-order valence-electron chi connectivity index (χ2n) is 3.18. The number of nitrogens with one attached hydrogen (secondary N) is 1. The summed E-state index contributed by atoms with van der Waals surface area (Å²) in [5.74, 6) is -0.320. The topological polar surface area (TPSA) is 88.1 Å². The predicted octanol–water partition coefficient (Wildman–Crippen LogP) is 1.60. The Balaban J connectivity index is 2.14. The molecular weight excluding hydrogens is 210 g/mol. The van der Waals surface area contributed by atoms with Gasteiger partial charge in [0.1, 0.15) is 0 Å². The summed E-state index contributed by atoms with van der Waals surface area (Å²) in [6.07, 6.45) is 1.23. The van der Waals surface area contributed by atoms with Crippen molar-refractivity contribution in [3.8, 4) is 11.8 Å². The van der Waals surface area contributed by atoms with Crippen LogP contribution in [0.3, 0.4) is 0 Å². The molecule has 2 N–H and O–H groups in total. The van der Waals surface area contributed by atoms with Gasteiger partial charge in [0.25, 0.3) is 0 Å². The van der Waals surface area contributed by atoms with E-state index in [1.165, 1.54) is 18.3 Å². The zero-order valence-corrected chi connectivity index (χ0v) is 8.47. The average Bonchev–Trinajstić information content (AvgIpc) is 2.65. The van der Waals surface area contributed by atoms with Crippen molar-refractivity contribution in [3.05, 3.63) is 35.7 Å². The second-order valence-corrected chi connectivity index (χ2v) is 3.18. The lowest BCUT2D eigenvalue weighted by molar-refractivity contribution is 0.0696. The van der Waals surface area contributed by atoms with E-state index in [0.717, 1.165) is 5.69 Å². The number of H-pyrrole nitrogens is 1. The maximum atomic E-state index is 10.6. The predicted molar refractivity (Wildman–Crippen MR) is 54.6 cm³/mol. The van der Waals surface area contributed by atoms with Gasteiger partial charge in [-0.3, -0.25) is 5.10 Å². The lowest BCUT2D eigenvalue weighted by atomic mass is 10.3. The van der Waals surface area contributed by atoms with Crippen LogP contribution in [0.4, 0.5) is 0 Å². The van der Waals surface area contributed by atoms with Gasteiger partial charge < -0.3 is 9.84 Å². The van der Waals surface area contributed by atoms with Crippen molar-refractivity contribution in [2.75, 3.05) is 0 Å². The van der Waals surface area contributed by atoms with E-state index < -0.39 is 5.97 Å². The van der Waals surface area contributed by atoms with Crippen molar-refractivity contribution < 1.29 is 14.6 Å². The number of pyridine rings is 1. The molecule has 0 aliphatic carbocycles. The Morgan fingerprint density at radius 1 is 1.44 bits per heavy atom. The summed E-state index contributed by atoms with van der Waals surface area (Å²) in [5, 5.41) is 15.3. The lowest BCUT2D eigenvalue weighted by Gasteiger charge is -2.00. The van der Waals surface area contributed by atoms with Crippen LogP contribution < -0.4 is 4.74 Å². The molecule has 0 aliphatic heterocycles. The number of carboxylic acids is 1. The number of aryl methyl sites for hydroxylation is 1. The molecule has 0 fully saturated rings. The maximum absolute atomic E-state index is 10.6. The molecule has 0 unspecified atom stereocenters. The number of hydrogen-bond acceptors (Lipinski definition) is 4. The van der Waals surface area contributed by atoms with Crippen molar-refractivity contribution in [3.63, 3.8) is 0 Å². The van der Waals surface area contributed by atoms with Gasteiger partial charge in [-0.1, -0.05) is 0 Å². The van der Waals surface area contributed by atoms with E-state index in [1.54, 1.807) is 6.07 Å². The van der Waals surface area contributed by atoms with Crippen LogP contribution in [0.5, 0.6) is 11.8 Å². The van der Waals surface area contributed by atoms with Crippen LogP contribution in [0.15, 0.2) is 24.4 Å². The normalized spacial score (nSPS) is 10.1. The van der Waals surface area contributed by atoms with Crippen LogP contribution in [0.2, 0.25) is 0 Å². The van der Waals surface area contributed by atoms with Gasteiger partial charge in [0, 0.05) is 24.0 Å². The average molecular weight is 219 g/mol. The summed E-state index contributed by atoms with van der Waals surface area (Å²) in [7, 11) is 0. The smallest absolute Gasteiger partial charge is 0.337 e. The molecular formula is C10H9N3O3. The number of ether oxygens (including phenoxy) is 1. The fourth-order valence-corrected chi connectivity index (χ4v) is 1.12. The van der Waals surface area contributed by atoms with Gasteiger partial charge in [-0.05, 0) is 13.0 Å². The Bertz CT molecular complexity index is 504. The Labute approximate surface area is 90.9 Å². The molecule has 2 heterocycles. The lowest BCUT2D eigenvalue weighted by Crippen LogP contribution is -1.97. The molecule has 16 heavy (non-hydrogen) atoms. The minimum atomic E-state index is -1.02. The van der Waals surface area contributed by atoms with E-state index in [9.17, 15) is 4.79 Å². The van der Waals surface area contributed by atoms with E-state index >= 15 is 0 Å². The van der Waals surface area contributed by atoms with E-state index in [4.69, 9.17) is 9.84 Å². The molecule has 0 saturated heterocycles. The number of rotatable bonds is 3. The van der Waals surface area contributed by atoms with E-state index in [2.05, 4.69) is 15.2 Å². The Morgan fingerprint density at radius 3 is 2.75 bits per heavy atom. The molecule has 0 radical (unpaired) electrons. The quantitative estimate of drug-likeness (QED) is 0.818. The van der Waals surface area contributed by atoms with Gasteiger partial charge >= 0.3 is 5.97 Å². The first-order valence-electron chi connectivity index (χ1n) is 4.54. The molecule has 0 saturated carbocycles. The van der Waals surface area contributed by atoms with Gasteiger partial charge in [-0.25, -0.2) is 9.78 Å². The standard InChI is InChI=1S/C10H9N3O3/c1-6-4-9(13-12-6)16-8-3-2-7(5-11-8)10(14)15/h2-5H,1H3,(H,12,13)(H,14,15). The largest absolute Gasteiger partial charge is 0.478 e. The molecule has 0 amide bonds. The third-order valence-corrected chi connectivity index (χ3v) is 1.87. The van der Waals surface area contributed by atoms with Crippen LogP contribution >= 0.6 is 0 Å². The van der Waals surface area contributed by atoms with E-state index in [0.29, 0.717) is 11.8 Å². The highest BCUT2D eigenvalue weighted by atomic mass is 16.5. The molecule has 0 aromatic carbocycles. The van der Waals surface area contributed by atoms with Crippen LogP contribution in [-0.2, 0) is 0 Å². The number of aromatic amines is 1. The first-order valence-corrected chi connectivity index (χ1v) is 4.54. The first-order chi connectivity index (χ1) is 7.65. The van der Waals surface area contributed by atoms with E-state index in [1.807, 2.05) is 6.92 Å². The minimum absolute atomic E-state index is 0.116. The SMILES string of the molecule is Cc1cc(Oc2ccc(C(=O)O)cn2)n[nH]1. The number of aromatic nitrogens is 3. The molecule has 0 aliphatic rings. The molecule has 6 heteroatoms. The van der Waals surface area contributed by atoms with Crippen LogP contribution in [0.25, 0.3) is 0 Å². The van der Waals surface area contributed by atoms with Crippen molar-refractivity contribution in [2.24, 2.45) is 0 Å². The van der Waals surface area contributed by atoms with Crippen molar-refractivity contribution in [1.29, 1.82) is 0 Å².